The third-order valence-electron chi connectivity index (χ3n) is 7.50. The smallest absolute Gasteiger partial charge is 0 e. The van der Waals surface area contributed by atoms with Gasteiger partial charge in [0.25, 0.3) is 0 Å². The van der Waals surface area contributed by atoms with Crippen LogP contribution < -0.4 is 4.74 Å². The topological polar surface area (TPSA) is 52.6 Å². The van der Waals surface area contributed by atoms with Crippen LogP contribution in [0.1, 0.15) is 60.8 Å². The summed E-state index contributed by atoms with van der Waals surface area (Å²) in [5, 5.41) is 9.76. The van der Waals surface area contributed by atoms with E-state index in [1.807, 2.05) is 12.1 Å². The monoisotopic (exact) mass is 732 g/mol. The molecule has 4 nitrogen and oxygen atoms in total. The third-order valence-corrected chi connectivity index (χ3v) is 7.50. The van der Waals surface area contributed by atoms with Gasteiger partial charge in [-0.05, 0) is 97.2 Å². The fraction of sp³-hybridized carbons (Fsp3) is 0.270. The van der Waals surface area contributed by atoms with E-state index in [1.54, 1.807) is 12.1 Å². The summed E-state index contributed by atoms with van der Waals surface area (Å²) in [6.45, 7) is 8.17. The van der Waals surface area contributed by atoms with E-state index in [9.17, 15) is 5.11 Å². The van der Waals surface area contributed by atoms with Crippen molar-refractivity contribution in [3.05, 3.63) is 144 Å². The summed E-state index contributed by atoms with van der Waals surface area (Å²) in [6.07, 6.45) is 6.93. The summed E-state index contributed by atoms with van der Waals surface area (Å²) in [6, 6.07) is 37.6. The number of nitrogens with zero attached hydrogens (tertiary/aromatic N) is 1. The zero-order valence-electron chi connectivity index (χ0n) is 24.1. The van der Waals surface area contributed by atoms with Gasteiger partial charge in [-0.25, -0.2) is 0 Å². The quantitative estimate of drug-likeness (QED) is 0.0903. The zero-order chi connectivity index (χ0) is 28.7. The normalized spacial score (nSPS) is 12.2. The van der Waals surface area contributed by atoms with E-state index in [0.29, 0.717) is 5.75 Å². The van der Waals surface area contributed by atoms with Crippen LogP contribution in [0.15, 0.2) is 115 Å². The molecule has 42 heavy (non-hydrogen) atoms. The first kappa shape index (κ1) is 33.1. The van der Waals surface area contributed by atoms with Gasteiger partial charge in [-0.15, -0.1) is 0 Å². The van der Waals surface area contributed by atoms with Crippen LogP contribution in [-0.2, 0) is 38.2 Å². The first-order valence-electron chi connectivity index (χ1n) is 14.5. The zero-order valence-corrected chi connectivity index (χ0v) is 26.8. The van der Waals surface area contributed by atoms with Gasteiger partial charge < -0.3 is 9.84 Å². The van der Waals surface area contributed by atoms with Crippen molar-refractivity contribution < 1.29 is 34.9 Å². The Bertz CT molecular complexity index is 1320. The number of phenolic OH excluding ortho intramolecular Hbond substituents is 1. The number of ether oxygens (including phenoxy) is 1. The Morgan fingerprint density at radius 1 is 0.690 bits per heavy atom. The van der Waals surface area contributed by atoms with Crippen LogP contribution in [0.4, 0.5) is 0 Å². The Hall–Kier alpha value is -3.42. The van der Waals surface area contributed by atoms with Crippen LogP contribution in [0, 0.1) is 6.65 Å². The van der Waals surface area contributed by atoms with Gasteiger partial charge in [0.2, 0.25) is 0 Å². The maximum atomic E-state index is 9.76. The molecule has 217 valence electrons. The number of phenols is 1. The second-order valence-electron chi connectivity index (χ2n) is 10.5. The molecular weight excluding hydrogens is 693 g/mol. The molecule has 0 atom stereocenters. The van der Waals surface area contributed by atoms with E-state index >= 15 is 0 Å². The number of allylic oxidation sites excluding steroid dienone is 1. The number of hydrogen-bond donors (Lipinski definition) is 1. The first-order chi connectivity index (χ1) is 20.2. The van der Waals surface area contributed by atoms with Crippen LogP contribution in [0.3, 0.4) is 0 Å². The molecule has 1 fully saturated rings. The molecule has 1 aliphatic rings. The Balaban J connectivity index is 0.00000158. The summed E-state index contributed by atoms with van der Waals surface area (Å²) >= 11 is 0. The van der Waals surface area contributed by atoms with Crippen molar-refractivity contribution in [2.75, 3.05) is 13.2 Å². The van der Waals surface area contributed by atoms with Crippen LogP contribution >= 0.6 is 0 Å². The van der Waals surface area contributed by atoms with E-state index < -0.39 is 0 Å². The minimum absolute atomic E-state index is 0. The molecule has 0 spiro atoms. The molecular formula is C37H39NO3Re. The van der Waals surface area contributed by atoms with Crippen molar-refractivity contribution in [1.82, 2.24) is 4.90 Å². The van der Waals surface area contributed by atoms with Gasteiger partial charge in [0.15, 0.2) is 0 Å². The van der Waals surface area contributed by atoms with Gasteiger partial charge in [0.1, 0.15) is 11.5 Å². The molecule has 0 saturated heterocycles. The van der Waals surface area contributed by atoms with Crippen LogP contribution in [-0.4, -0.2) is 23.2 Å². The largest absolute Gasteiger partial charge is 0 e. The summed E-state index contributed by atoms with van der Waals surface area (Å²) in [4.78, 5) is 2.53. The molecule has 1 radical (unpaired) electrons. The van der Waals surface area contributed by atoms with Crippen molar-refractivity contribution >= 4 is 5.57 Å². The minimum Gasteiger partial charge on any atom is 0 e. The predicted molar refractivity (Wildman–Crippen MR) is 165 cm³/mol. The molecule has 0 amide bonds. The summed E-state index contributed by atoms with van der Waals surface area (Å²) in [5.41, 5.74) is 7.94. The molecule has 1 N–H and O–H groups in total. The first-order valence-corrected chi connectivity index (χ1v) is 14.5. The molecule has 5 heteroatoms. The number of unbranched alkanes of at least 4 members (excludes halogenated alkanes) is 1. The fourth-order valence-corrected chi connectivity index (χ4v) is 5.50. The molecule has 0 aromatic heterocycles. The summed E-state index contributed by atoms with van der Waals surface area (Å²) < 4.78 is 13.6. The van der Waals surface area contributed by atoms with E-state index in [4.69, 9.17) is 9.39 Å². The third kappa shape index (κ3) is 10.1. The van der Waals surface area contributed by atoms with E-state index in [1.165, 1.54) is 46.2 Å². The Morgan fingerprint density at radius 3 is 1.71 bits per heavy atom. The van der Waals surface area contributed by atoms with Gasteiger partial charge in [-0.3, -0.25) is 4.90 Å². The maximum absolute atomic E-state index is 9.76. The molecule has 4 aromatic carbocycles. The standard InChI is InChI=1S/C36H39NO2.CO.Re/c38-34-21-17-32(18-22-34)36(31-15-7-8-16-31)33-19-23-35(24-20-33)39-26-10-9-25-37(27-29-11-3-1-4-12-29)28-30-13-5-2-6-14-30;1-2;/h1-6,11-14,17-24,38H,7-10,15-16,25-28H2;;. The second-order valence-corrected chi connectivity index (χ2v) is 10.5. The maximum Gasteiger partial charge on any atom is 0 e. The second kappa shape index (κ2) is 18.2. The van der Waals surface area contributed by atoms with Gasteiger partial charge in [-0.2, -0.15) is 0 Å². The van der Waals surface area contributed by atoms with Gasteiger partial charge in [0, 0.05) is 33.5 Å². The SMILES string of the molecule is Oc1ccc(C(=C2CCCC2)c2ccc(OCCCCN(Cc3ccccc3)Cc3ccccc3)cc2)cc1.[C-]#[O+].[Re]. The van der Waals surface area contributed by atoms with Crippen LogP contribution in [0.5, 0.6) is 11.5 Å². The fourth-order valence-electron chi connectivity index (χ4n) is 5.50. The number of benzene rings is 4. The van der Waals surface area contributed by atoms with Crippen LogP contribution in [0.2, 0.25) is 0 Å². The molecule has 0 aliphatic heterocycles. The summed E-state index contributed by atoms with van der Waals surface area (Å²) in [7, 11) is 0. The summed E-state index contributed by atoms with van der Waals surface area (Å²) in [5.74, 6) is 1.23. The molecule has 0 unspecified atom stereocenters. The average molecular weight is 732 g/mol. The van der Waals surface area contributed by atoms with Crippen molar-refractivity contribution in [1.29, 1.82) is 0 Å². The number of hydrogen-bond acceptors (Lipinski definition) is 3. The molecule has 4 aromatic rings. The Labute approximate surface area is 264 Å². The van der Waals surface area contributed by atoms with E-state index in [-0.39, 0.29) is 20.4 Å². The van der Waals surface area contributed by atoms with Gasteiger partial charge in [-0.1, -0.05) is 90.5 Å². The molecule has 0 heterocycles. The Morgan fingerprint density at radius 2 is 1.19 bits per heavy atom. The molecule has 1 aliphatic carbocycles. The Kier molecular flexibility index (Phi) is 14.3. The average Bonchev–Trinajstić information content (AvgIpc) is 3.55. The minimum atomic E-state index is 0. The van der Waals surface area contributed by atoms with Crippen molar-refractivity contribution in [2.45, 2.75) is 51.6 Å². The van der Waals surface area contributed by atoms with Crippen LogP contribution in [0.25, 0.3) is 5.57 Å². The van der Waals surface area contributed by atoms with E-state index in [0.717, 1.165) is 57.7 Å². The molecule has 1 saturated carbocycles. The number of rotatable bonds is 12. The van der Waals surface area contributed by atoms with Crippen molar-refractivity contribution in [3.8, 4) is 11.5 Å². The van der Waals surface area contributed by atoms with Crippen molar-refractivity contribution in [3.63, 3.8) is 0 Å². The molecule has 5 rings (SSSR count). The van der Waals surface area contributed by atoms with Gasteiger partial charge in [0.05, 0.1) is 6.61 Å². The number of aromatic hydroxyl groups is 1. The van der Waals surface area contributed by atoms with Crippen molar-refractivity contribution in [2.24, 2.45) is 0 Å². The van der Waals surface area contributed by atoms with Gasteiger partial charge >= 0.3 is 11.3 Å². The molecule has 0 bridgehead atoms. The van der Waals surface area contributed by atoms with E-state index in [2.05, 4.69) is 96.5 Å². The predicted octanol–water partition coefficient (Wildman–Crippen LogP) is 8.59.